The second-order valence-electron chi connectivity index (χ2n) is 6.90. The topological polar surface area (TPSA) is 97.1 Å². The van der Waals surface area contributed by atoms with Gasteiger partial charge in [-0.05, 0) is 36.6 Å². The van der Waals surface area contributed by atoms with Crippen molar-refractivity contribution >= 4 is 10.0 Å². The fraction of sp³-hybridized carbons (Fsp3) is 0.333. The molecule has 0 saturated carbocycles. The van der Waals surface area contributed by atoms with Crippen LogP contribution in [0.3, 0.4) is 0 Å². The first kappa shape index (κ1) is 21.2. The van der Waals surface area contributed by atoms with Crippen LogP contribution >= 0.6 is 0 Å². The van der Waals surface area contributed by atoms with E-state index in [1.807, 2.05) is 49.5 Å². The van der Waals surface area contributed by atoms with Crippen LogP contribution in [0.4, 0.5) is 0 Å². The first-order valence-corrected chi connectivity index (χ1v) is 11.2. The molecule has 3 aromatic rings. The van der Waals surface area contributed by atoms with Gasteiger partial charge in [0, 0.05) is 36.3 Å². The highest BCUT2D eigenvalue weighted by Crippen LogP contribution is 2.31. The summed E-state index contributed by atoms with van der Waals surface area (Å²) in [6, 6.07) is 11.5. The standard InChI is InChI=1S/C21H26N4O3S/c1-3-16(2)29(27,28)23-14-17-4-6-18(7-5-17)20-15-25(12-13-26)24-21(20)19-8-10-22-11-9-19/h4-11,15-16,23,26H,3,12-14H2,1-2H3. The maximum absolute atomic E-state index is 12.1. The Morgan fingerprint density at radius 2 is 1.79 bits per heavy atom. The van der Waals surface area contributed by atoms with E-state index in [2.05, 4.69) is 14.8 Å². The van der Waals surface area contributed by atoms with Gasteiger partial charge in [-0.2, -0.15) is 5.10 Å². The minimum absolute atomic E-state index is 0.00612. The average molecular weight is 415 g/mol. The number of sulfonamides is 1. The van der Waals surface area contributed by atoms with E-state index in [1.165, 1.54) is 0 Å². The zero-order chi connectivity index (χ0) is 20.9. The van der Waals surface area contributed by atoms with Gasteiger partial charge in [0.1, 0.15) is 5.69 Å². The van der Waals surface area contributed by atoms with Gasteiger partial charge in [-0.3, -0.25) is 9.67 Å². The Balaban J connectivity index is 1.84. The predicted octanol–water partition coefficient (Wildman–Crippen LogP) is 2.82. The predicted molar refractivity (Wildman–Crippen MR) is 113 cm³/mol. The Morgan fingerprint density at radius 1 is 1.10 bits per heavy atom. The van der Waals surface area contributed by atoms with Crippen LogP contribution in [0.5, 0.6) is 0 Å². The molecule has 0 amide bonds. The number of benzene rings is 1. The SMILES string of the molecule is CCC(C)S(=O)(=O)NCc1ccc(-c2cn(CCO)nc2-c2ccncc2)cc1. The molecular weight excluding hydrogens is 388 g/mol. The van der Waals surface area contributed by atoms with Crippen molar-refractivity contribution in [2.75, 3.05) is 6.61 Å². The molecule has 8 heteroatoms. The largest absolute Gasteiger partial charge is 0.394 e. The highest BCUT2D eigenvalue weighted by atomic mass is 32.2. The summed E-state index contributed by atoms with van der Waals surface area (Å²) in [5, 5.41) is 13.4. The first-order valence-electron chi connectivity index (χ1n) is 9.61. The Bertz CT molecular complexity index is 1030. The maximum Gasteiger partial charge on any atom is 0.214 e. The van der Waals surface area contributed by atoms with Crippen molar-refractivity contribution in [2.45, 2.75) is 38.6 Å². The van der Waals surface area contributed by atoms with Crippen LogP contribution in [0.2, 0.25) is 0 Å². The Morgan fingerprint density at radius 3 is 2.41 bits per heavy atom. The summed E-state index contributed by atoms with van der Waals surface area (Å²) >= 11 is 0. The minimum atomic E-state index is -3.31. The molecule has 0 bridgehead atoms. The molecule has 3 rings (SSSR count). The Hall–Kier alpha value is -2.55. The van der Waals surface area contributed by atoms with Gasteiger partial charge >= 0.3 is 0 Å². The molecule has 2 N–H and O–H groups in total. The number of nitrogens with one attached hydrogen (secondary N) is 1. The molecule has 0 radical (unpaired) electrons. The first-order chi connectivity index (χ1) is 13.9. The number of aromatic nitrogens is 3. The van der Waals surface area contributed by atoms with E-state index in [0.29, 0.717) is 13.0 Å². The summed E-state index contributed by atoms with van der Waals surface area (Å²) in [7, 11) is -3.31. The van der Waals surface area contributed by atoms with Crippen LogP contribution in [0, 0.1) is 0 Å². The molecule has 0 aliphatic rings. The molecule has 1 atom stereocenters. The summed E-state index contributed by atoms with van der Waals surface area (Å²) in [5.74, 6) is 0. The second kappa shape index (κ2) is 9.30. The molecular formula is C21H26N4O3S. The zero-order valence-electron chi connectivity index (χ0n) is 16.6. The fourth-order valence-electron chi connectivity index (χ4n) is 2.92. The Labute approximate surface area is 171 Å². The molecule has 1 unspecified atom stereocenters. The van der Waals surface area contributed by atoms with Gasteiger partial charge in [0.2, 0.25) is 10.0 Å². The molecule has 0 aliphatic heterocycles. The summed E-state index contributed by atoms with van der Waals surface area (Å²) in [5.41, 5.74) is 4.54. The third-order valence-electron chi connectivity index (χ3n) is 4.89. The monoisotopic (exact) mass is 414 g/mol. The van der Waals surface area contributed by atoms with E-state index in [0.717, 1.165) is 27.9 Å². The van der Waals surface area contributed by atoms with Crippen LogP contribution in [-0.4, -0.2) is 40.1 Å². The van der Waals surface area contributed by atoms with Gasteiger partial charge in [0.15, 0.2) is 0 Å². The number of pyridine rings is 1. The summed E-state index contributed by atoms with van der Waals surface area (Å²) in [4.78, 5) is 4.06. The van der Waals surface area contributed by atoms with Crippen molar-refractivity contribution in [1.29, 1.82) is 0 Å². The van der Waals surface area contributed by atoms with Crippen LogP contribution in [0.1, 0.15) is 25.8 Å². The molecule has 0 aliphatic carbocycles. The van der Waals surface area contributed by atoms with Gasteiger partial charge in [0.05, 0.1) is 18.4 Å². The van der Waals surface area contributed by atoms with Gasteiger partial charge in [0.25, 0.3) is 0 Å². The summed E-state index contributed by atoms with van der Waals surface area (Å²) in [6.45, 7) is 4.24. The third kappa shape index (κ3) is 5.09. The van der Waals surface area contributed by atoms with Crippen molar-refractivity contribution in [1.82, 2.24) is 19.5 Å². The van der Waals surface area contributed by atoms with Crippen LogP contribution < -0.4 is 4.72 Å². The highest BCUT2D eigenvalue weighted by molar-refractivity contribution is 7.90. The van der Waals surface area contributed by atoms with E-state index < -0.39 is 15.3 Å². The maximum atomic E-state index is 12.1. The lowest BCUT2D eigenvalue weighted by Crippen LogP contribution is -2.31. The van der Waals surface area contributed by atoms with Gasteiger partial charge in [-0.1, -0.05) is 31.2 Å². The van der Waals surface area contributed by atoms with Crippen LogP contribution in [0.25, 0.3) is 22.4 Å². The number of hydrogen-bond acceptors (Lipinski definition) is 5. The van der Waals surface area contributed by atoms with Gasteiger partial charge in [-0.15, -0.1) is 0 Å². The number of aliphatic hydroxyl groups is 1. The van der Waals surface area contributed by atoms with Crippen molar-refractivity contribution in [3.05, 3.63) is 60.6 Å². The summed E-state index contributed by atoms with van der Waals surface area (Å²) < 4.78 is 28.7. The average Bonchev–Trinajstić information content (AvgIpc) is 3.17. The molecule has 154 valence electrons. The molecule has 29 heavy (non-hydrogen) atoms. The van der Waals surface area contributed by atoms with E-state index in [9.17, 15) is 13.5 Å². The number of nitrogens with zero attached hydrogens (tertiary/aromatic N) is 3. The molecule has 0 fully saturated rings. The van der Waals surface area contributed by atoms with Gasteiger partial charge in [-0.25, -0.2) is 13.1 Å². The lowest BCUT2D eigenvalue weighted by molar-refractivity contribution is 0.269. The normalized spacial score (nSPS) is 12.8. The van der Waals surface area contributed by atoms with Gasteiger partial charge < -0.3 is 5.11 Å². The fourth-order valence-corrected chi connectivity index (χ4v) is 4.01. The molecule has 0 spiro atoms. The van der Waals surface area contributed by atoms with E-state index in [4.69, 9.17) is 0 Å². The highest BCUT2D eigenvalue weighted by Gasteiger charge is 2.18. The number of rotatable bonds is 9. The minimum Gasteiger partial charge on any atom is -0.394 e. The van der Waals surface area contributed by atoms with E-state index in [1.54, 1.807) is 24.0 Å². The van der Waals surface area contributed by atoms with E-state index in [-0.39, 0.29) is 13.2 Å². The third-order valence-corrected chi connectivity index (χ3v) is 6.83. The van der Waals surface area contributed by atoms with Crippen molar-refractivity contribution in [3.8, 4) is 22.4 Å². The summed E-state index contributed by atoms with van der Waals surface area (Å²) in [6.07, 6.45) is 5.92. The zero-order valence-corrected chi connectivity index (χ0v) is 17.4. The Kier molecular flexibility index (Phi) is 6.79. The molecule has 2 heterocycles. The number of hydrogen-bond donors (Lipinski definition) is 2. The van der Waals surface area contributed by atoms with Crippen molar-refractivity contribution in [3.63, 3.8) is 0 Å². The van der Waals surface area contributed by atoms with E-state index >= 15 is 0 Å². The quantitative estimate of drug-likeness (QED) is 0.561. The molecule has 1 aromatic carbocycles. The van der Waals surface area contributed by atoms with Crippen molar-refractivity contribution < 1.29 is 13.5 Å². The smallest absolute Gasteiger partial charge is 0.214 e. The molecule has 0 saturated heterocycles. The second-order valence-corrected chi connectivity index (χ2v) is 9.08. The lowest BCUT2D eigenvalue weighted by Gasteiger charge is -2.12. The van der Waals surface area contributed by atoms with Crippen molar-refractivity contribution in [2.24, 2.45) is 0 Å². The van der Waals surface area contributed by atoms with Crippen LogP contribution in [0.15, 0.2) is 55.0 Å². The van der Waals surface area contributed by atoms with Crippen LogP contribution in [-0.2, 0) is 23.1 Å². The lowest BCUT2D eigenvalue weighted by atomic mass is 10.0. The molecule has 2 aromatic heterocycles. The molecule has 7 nitrogen and oxygen atoms in total. The number of aliphatic hydroxyl groups excluding tert-OH is 1.